The van der Waals surface area contributed by atoms with Gasteiger partial charge in [-0.3, -0.25) is 19.2 Å². The van der Waals surface area contributed by atoms with Crippen LogP contribution in [0.4, 0.5) is 0 Å². The lowest BCUT2D eigenvalue weighted by Gasteiger charge is -2.42. The maximum Gasteiger partial charge on any atom is 0.329 e. The van der Waals surface area contributed by atoms with Crippen molar-refractivity contribution >= 4 is 29.2 Å². The van der Waals surface area contributed by atoms with Gasteiger partial charge in [-0.05, 0) is 107 Å². The number of amides is 1. The quantitative estimate of drug-likeness (QED) is 0.153. The van der Waals surface area contributed by atoms with Crippen molar-refractivity contribution in [1.29, 1.82) is 0 Å². The van der Waals surface area contributed by atoms with Gasteiger partial charge in [0.1, 0.15) is 30.1 Å². The minimum atomic E-state index is -2.48. The fourth-order valence-corrected chi connectivity index (χ4v) is 9.85. The molecule has 0 aromatic rings. The molecule has 64 heavy (non-hydrogen) atoms. The summed E-state index contributed by atoms with van der Waals surface area (Å²) in [5, 5.41) is 44.8. The van der Waals surface area contributed by atoms with Crippen molar-refractivity contribution in [2.24, 2.45) is 35.5 Å². The number of rotatable bonds is 5. The summed E-state index contributed by atoms with van der Waals surface area (Å²) in [5.74, 6) is -8.24. The first-order chi connectivity index (χ1) is 30.2. The van der Waals surface area contributed by atoms with Gasteiger partial charge in [0.25, 0.3) is 11.7 Å². The number of aliphatic hydroxyl groups excluding tert-OH is 3. The third kappa shape index (κ3) is 13.8. The van der Waals surface area contributed by atoms with Gasteiger partial charge in [-0.1, -0.05) is 71.1 Å². The maximum atomic E-state index is 14.3. The number of carbonyl (C=O) groups is 5. The number of fused-ring (bicyclic) bond motifs is 3. The minimum Gasteiger partial charge on any atom is -0.460 e. The summed E-state index contributed by atoms with van der Waals surface area (Å²) >= 11 is 0. The molecular weight excluding hydrogens is 823 g/mol. The van der Waals surface area contributed by atoms with Crippen LogP contribution in [0.3, 0.4) is 0 Å². The molecule has 3 aliphatic heterocycles. The smallest absolute Gasteiger partial charge is 0.329 e. The number of allylic oxidation sites excluding steroid dienone is 6. The summed E-state index contributed by atoms with van der Waals surface area (Å²) < 4.78 is 23.3. The number of cyclic esters (lactones) is 1. The van der Waals surface area contributed by atoms with Gasteiger partial charge in [0.05, 0.1) is 24.4 Å². The molecule has 1 saturated carbocycles. The fourth-order valence-electron chi connectivity index (χ4n) is 9.85. The summed E-state index contributed by atoms with van der Waals surface area (Å²) in [7, 11) is 2.93. The normalized spacial score (nSPS) is 40.9. The SMILES string of the molecule is CO[C@H]1C[C@H](C[C@@H](C)[C@@H]2CC(=O)[C@H](C)/C=C(\C)[C@@H](O)[C@H](OC)C(=O)[C@@H](C)C[C@@H](C)/C=C/C=C/C=C(\C)[C@@H](O)C[C@H]3CC[C@@H](C)C(O)(O3)C(=O)C(=O)N3CCCC[C@H]3C(=O)O2)CC[C@H]1O. The molecule has 0 aromatic heterocycles. The van der Waals surface area contributed by atoms with E-state index in [-0.39, 0.29) is 61.2 Å². The van der Waals surface area contributed by atoms with E-state index in [4.69, 9.17) is 18.9 Å². The van der Waals surface area contributed by atoms with Crippen molar-refractivity contribution in [2.75, 3.05) is 20.8 Å². The average molecular weight is 900 g/mol. The molecule has 14 heteroatoms. The first kappa shape index (κ1) is 53.2. The van der Waals surface area contributed by atoms with E-state index in [1.165, 1.54) is 7.11 Å². The lowest BCUT2D eigenvalue weighted by molar-refractivity contribution is -0.265. The van der Waals surface area contributed by atoms with Crippen LogP contribution in [0.15, 0.2) is 47.6 Å². The highest BCUT2D eigenvalue weighted by Gasteiger charge is 2.53. The molecule has 2 saturated heterocycles. The third-order valence-corrected chi connectivity index (χ3v) is 14.2. The zero-order chi connectivity index (χ0) is 47.5. The highest BCUT2D eigenvalue weighted by Crippen LogP contribution is 2.37. The highest BCUT2D eigenvalue weighted by molar-refractivity contribution is 6.39. The molecule has 4 N–H and O–H groups in total. The monoisotopic (exact) mass is 900 g/mol. The Morgan fingerprint density at radius 2 is 1.58 bits per heavy atom. The second-order valence-corrected chi connectivity index (χ2v) is 19.4. The summed E-state index contributed by atoms with van der Waals surface area (Å²) in [6, 6.07) is -1.16. The number of ether oxygens (including phenoxy) is 4. The standard InChI is InChI=1S/C50H77NO13/c1-29-15-11-10-12-16-30(2)40(53)27-37-20-18-35(7)50(60,64-37)47(57)48(58)51-22-14-13-17-38(51)49(59)63-42(32(4)25-36-19-21-39(52)43(26-36)61-8)28-41(54)31(3)24-34(6)45(56)46(62-9)44(55)33(5)23-29/h10-12,15-16,24,29,31-33,35-40,42-43,45-46,52-53,56,60H,13-14,17-23,25-28H2,1-9H3/b12-10+,15-11+,30-16+,34-24+/t29-,31+,32+,33-,35+,36-,37+,38-,39+,40-,42-,43-,45+,46+,50?/m0/s1. The molecule has 0 spiro atoms. The molecule has 0 radical (unpaired) electrons. The Morgan fingerprint density at radius 3 is 2.27 bits per heavy atom. The van der Waals surface area contributed by atoms with Crippen molar-refractivity contribution in [3.05, 3.63) is 47.6 Å². The number of piperidine rings is 1. The molecule has 0 aromatic carbocycles. The summed E-state index contributed by atoms with van der Waals surface area (Å²) in [6.07, 6.45) is 9.53. The van der Waals surface area contributed by atoms with Gasteiger partial charge in [0, 0.05) is 51.4 Å². The van der Waals surface area contributed by atoms with Crippen LogP contribution < -0.4 is 0 Å². The number of hydrogen-bond acceptors (Lipinski definition) is 13. The summed E-state index contributed by atoms with van der Waals surface area (Å²) in [4.78, 5) is 71.4. The molecule has 14 nitrogen and oxygen atoms in total. The van der Waals surface area contributed by atoms with Crippen molar-refractivity contribution in [1.82, 2.24) is 4.90 Å². The van der Waals surface area contributed by atoms with Gasteiger partial charge in [-0.15, -0.1) is 0 Å². The second-order valence-electron chi connectivity index (χ2n) is 19.4. The number of aliphatic hydroxyl groups is 4. The van der Waals surface area contributed by atoms with E-state index < -0.39 is 83.9 Å². The van der Waals surface area contributed by atoms with Crippen LogP contribution in [0.2, 0.25) is 0 Å². The first-order valence-electron chi connectivity index (χ1n) is 23.5. The van der Waals surface area contributed by atoms with Crippen LogP contribution in [-0.4, -0.2) is 130 Å². The van der Waals surface area contributed by atoms with Crippen molar-refractivity contribution in [2.45, 2.75) is 180 Å². The van der Waals surface area contributed by atoms with Crippen LogP contribution in [0.1, 0.15) is 126 Å². The van der Waals surface area contributed by atoms with Gasteiger partial charge in [0.15, 0.2) is 5.78 Å². The number of methoxy groups -OCH3 is 2. The molecule has 1 amide bonds. The molecule has 3 fully saturated rings. The van der Waals surface area contributed by atoms with Crippen LogP contribution in [0.25, 0.3) is 0 Å². The Hall–Kier alpha value is -3.37. The molecule has 15 atom stereocenters. The summed E-state index contributed by atoms with van der Waals surface area (Å²) in [5.41, 5.74) is 1.000. The van der Waals surface area contributed by atoms with Crippen molar-refractivity contribution < 1.29 is 63.3 Å². The van der Waals surface area contributed by atoms with Gasteiger partial charge < -0.3 is 44.3 Å². The predicted octanol–water partition coefficient (Wildman–Crippen LogP) is 5.53. The number of hydrogen-bond donors (Lipinski definition) is 4. The minimum absolute atomic E-state index is 0.00489. The predicted molar refractivity (Wildman–Crippen MR) is 240 cm³/mol. The number of carbonyl (C=O) groups excluding carboxylic acids is 5. The Bertz CT molecular complexity index is 1740. The topological polar surface area (TPSA) is 206 Å². The Balaban J connectivity index is 1.69. The lowest BCUT2D eigenvalue weighted by Crippen LogP contribution is -2.61. The van der Waals surface area contributed by atoms with E-state index in [1.807, 2.05) is 32.1 Å². The molecule has 4 rings (SSSR count). The van der Waals surface area contributed by atoms with Gasteiger partial charge in [-0.25, -0.2) is 4.79 Å². The van der Waals surface area contributed by atoms with E-state index >= 15 is 0 Å². The molecular formula is C50H77NO13. The van der Waals surface area contributed by atoms with Gasteiger partial charge in [0.2, 0.25) is 5.79 Å². The Morgan fingerprint density at radius 1 is 0.859 bits per heavy atom. The molecule has 3 heterocycles. The van der Waals surface area contributed by atoms with Gasteiger partial charge in [-0.2, -0.15) is 0 Å². The number of ketones is 3. The lowest BCUT2D eigenvalue weighted by atomic mass is 9.78. The van der Waals surface area contributed by atoms with Crippen LogP contribution in [0.5, 0.6) is 0 Å². The second kappa shape index (κ2) is 24.4. The van der Waals surface area contributed by atoms with Crippen molar-refractivity contribution in [3.8, 4) is 0 Å². The zero-order valence-electron chi connectivity index (χ0n) is 39.6. The van der Waals surface area contributed by atoms with Crippen LogP contribution in [-0.2, 0) is 42.9 Å². The number of esters is 1. The van der Waals surface area contributed by atoms with E-state index in [0.717, 1.165) is 4.90 Å². The number of Topliss-reactive ketones (excluding diaryl/α,β-unsaturated/α-hetero) is 3. The van der Waals surface area contributed by atoms with E-state index in [1.54, 1.807) is 60.0 Å². The molecule has 1 aliphatic carbocycles. The van der Waals surface area contributed by atoms with Crippen LogP contribution >= 0.6 is 0 Å². The van der Waals surface area contributed by atoms with Crippen molar-refractivity contribution in [3.63, 3.8) is 0 Å². The molecule has 360 valence electrons. The van der Waals surface area contributed by atoms with E-state index in [9.17, 15) is 44.4 Å². The molecule has 1 unspecified atom stereocenters. The maximum absolute atomic E-state index is 14.3. The molecule has 4 aliphatic rings. The largest absolute Gasteiger partial charge is 0.460 e. The fraction of sp³-hybridized carbons (Fsp3) is 0.740. The van der Waals surface area contributed by atoms with E-state index in [2.05, 4.69) is 0 Å². The van der Waals surface area contributed by atoms with Crippen LogP contribution in [0, 0.1) is 35.5 Å². The molecule has 2 bridgehead atoms. The third-order valence-electron chi connectivity index (χ3n) is 14.2. The average Bonchev–Trinajstić information content (AvgIpc) is 3.26. The van der Waals surface area contributed by atoms with Gasteiger partial charge >= 0.3 is 5.97 Å². The van der Waals surface area contributed by atoms with E-state index in [0.29, 0.717) is 68.9 Å². The Labute approximate surface area is 380 Å². The first-order valence-corrected chi connectivity index (χ1v) is 23.5. The zero-order valence-corrected chi connectivity index (χ0v) is 39.6. The number of nitrogens with zero attached hydrogens (tertiary/aromatic N) is 1. The highest BCUT2D eigenvalue weighted by atomic mass is 16.6. The Kier molecular flexibility index (Phi) is 20.3. The summed E-state index contributed by atoms with van der Waals surface area (Å²) in [6.45, 7) is 12.5.